The number of carbonyl (C=O) groups is 2. The Kier molecular flexibility index (Phi) is 10.1. The highest BCUT2D eigenvalue weighted by atomic mass is 35.5. The Morgan fingerprint density at radius 3 is 2.35 bits per heavy atom. The number of benzene rings is 2. The molecule has 1 aliphatic carbocycles. The monoisotopic (exact) mass is 611 g/mol. The molecule has 2 aromatic carbocycles. The minimum absolute atomic E-state index is 0.0267. The summed E-state index contributed by atoms with van der Waals surface area (Å²) < 4.78 is 38.3. The van der Waals surface area contributed by atoms with Gasteiger partial charge >= 0.3 is 0 Å². The number of anilines is 1. The molecule has 0 saturated heterocycles. The lowest BCUT2D eigenvalue weighted by molar-refractivity contribution is -0.140. The number of nitrogens with zero attached hydrogens (tertiary/aromatic N) is 2. The van der Waals surface area contributed by atoms with Crippen LogP contribution in [-0.4, -0.2) is 56.3 Å². The van der Waals surface area contributed by atoms with Crippen molar-refractivity contribution in [3.63, 3.8) is 0 Å². The largest absolute Gasteiger partial charge is 0.454 e. The molecule has 2 aromatic rings. The van der Waals surface area contributed by atoms with Gasteiger partial charge in [0.1, 0.15) is 12.6 Å². The third-order valence-corrected chi connectivity index (χ3v) is 9.80. The van der Waals surface area contributed by atoms with Crippen molar-refractivity contribution in [1.29, 1.82) is 0 Å². The molecule has 40 heavy (non-hydrogen) atoms. The third kappa shape index (κ3) is 6.95. The lowest BCUT2D eigenvalue weighted by Crippen LogP contribution is -2.54. The van der Waals surface area contributed by atoms with E-state index in [1.807, 2.05) is 6.92 Å². The molecule has 0 bridgehead atoms. The minimum Gasteiger partial charge on any atom is -0.454 e. The van der Waals surface area contributed by atoms with E-state index < -0.39 is 28.5 Å². The van der Waals surface area contributed by atoms with Crippen molar-refractivity contribution < 1.29 is 27.5 Å². The number of fused-ring (bicyclic) bond motifs is 1. The quantitative estimate of drug-likeness (QED) is 0.377. The summed E-state index contributed by atoms with van der Waals surface area (Å²) in [6.45, 7) is 2.77. The lowest BCUT2D eigenvalue weighted by Gasteiger charge is -2.34. The van der Waals surface area contributed by atoms with Crippen LogP contribution < -0.4 is 19.1 Å². The van der Waals surface area contributed by atoms with E-state index in [0.717, 1.165) is 36.4 Å². The Hall–Kier alpha value is -2.69. The van der Waals surface area contributed by atoms with Crippen LogP contribution in [0.5, 0.6) is 11.5 Å². The molecule has 218 valence electrons. The molecule has 0 aromatic heterocycles. The first-order chi connectivity index (χ1) is 19.1. The van der Waals surface area contributed by atoms with Crippen molar-refractivity contribution in [3.8, 4) is 11.5 Å². The van der Waals surface area contributed by atoms with Gasteiger partial charge in [-0.3, -0.25) is 13.9 Å². The number of hydrogen-bond donors (Lipinski definition) is 1. The summed E-state index contributed by atoms with van der Waals surface area (Å²) in [6, 6.07) is 8.91. The van der Waals surface area contributed by atoms with Gasteiger partial charge in [-0.2, -0.15) is 0 Å². The second kappa shape index (κ2) is 13.3. The molecule has 2 amide bonds. The van der Waals surface area contributed by atoms with Crippen molar-refractivity contribution in [3.05, 3.63) is 52.0 Å². The molecule has 1 saturated carbocycles. The molecular weight excluding hydrogens is 577 g/mol. The molecule has 0 radical (unpaired) electrons. The van der Waals surface area contributed by atoms with Gasteiger partial charge < -0.3 is 19.7 Å². The number of rotatable bonds is 11. The Labute approximate surface area is 245 Å². The molecule has 1 N–H and O–H groups in total. The summed E-state index contributed by atoms with van der Waals surface area (Å²) in [4.78, 5) is 29.0. The van der Waals surface area contributed by atoms with Gasteiger partial charge in [0, 0.05) is 34.3 Å². The van der Waals surface area contributed by atoms with Crippen molar-refractivity contribution in [1.82, 2.24) is 10.2 Å². The fraction of sp³-hybridized carbons (Fsp3) is 0.500. The first kappa shape index (κ1) is 30.3. The molecule has 1 unspecified atom stereocenters. The number of amides is 2. The fourth-order valence-corrected chi connectivity index (χ4v) is 6.65. The summed E-state index contributed by atoms with van der Waals surface area (Å²) >= 11 is 12.9. The maximum absolute atomic E-state index is 14.0. The highest BCUT2D eigenvalue weighted by Gasteiger charge is 2.34. The number of halogens is 2. The van der Waals surface area contributed by atoms with E-state index in [1.165, 1.54) is 17.9 Å². The zero-order valence-corrected chi connectivity index (χ0v) is 25.0. The zero-order valence-electron chi connectivity index (χ0n) is 22.7. The van der Waals surface area contributed by atoms with Crippen LogP contribution in [-0.2, 0) is 26.2 Å². The number of ether oxygens (including phenoxy) is 2. The van der Waals surface area contributed by atoms with Gasteiger partial charge in [0.25, 0.3) is 0 Å². The highest BCUT2D eigenvalue weighted by Crippen LogP contribution is 2.36. The molecule has 1 fully saturated rings. The van der Waals surface area contributed by atoms with Crippen LogP contribution in [0, 0.1) is 0 Å². The van der Waals surface area contributed by atoms with Crippen LogP contribution in [0.1, 0.15) is 57.9 Å². The molecule has 4 rings (SSSR count). The first-order valence-corrected chi connectivity index (χ1v) is 15.9. The molecule has 9 nitrogen and oxygen atoms in total. The summed E-state index contributed by atoms with van der Waals surface area (Å²) in [5.74, 6) is -0.191. The molecule has 0 spiro atoms. The maximum Gasteiger partial charge on any atom is 0.244 e. The van der Waals surface area contributed by atoms with Crippen LogP contribution in [0.25, 0.3) is 0 Å². The van der Waals surface area contributed by atoms with Gasteiger partial charge in [-0.05, 0) is 50.5 Å². The van der Waals surface area contributed by atoms with Crippen molar-refractivity contribution in [2.75, 3.05) is 23.4 Å². The predicted molar refractivity (Wildman–Crippen MR) is 155 cm³/mol. The van der Waals surface area contributed by atoms with E-state index in [2.05, 4.69) is 5.32 Å². The van der Waals surface area contributed by atoms with E-state index in [4.69, 9.17) is 32.7 Å². The number of nitrogens with one attached hydrogen (secondary N) is 1. The average Bonchev–Trinajstić information content (AvgIpc) is 3.41. The zero-order chi connectivity index (χ0) is 28.9. The Morgan fingerprint density at radius 2 is 1.70 bits per heavy atom. The van der Waals surface area contributed by atoms with E-state index >= 15 is 0 Å². The number of carbonyl (C=O) groups excluding carboxylic acids is 2. The van der Waals surface area contributed by atoms with E-state index in [9.17, 15) is 18.0 Å². The smallest absolute Gasteiger partial charge is 0.244 e. The fourth-order valence-electron chi connectivity index (χ4n) is 5.08. The number of hydrogen-bond acceptors (Lipinski definition) is 6. The van der Waals surface area contributed by atoms with E-state index in [1.54, 1.807) is 30.3 Å². The molecule has 2 aliphatic rings. The van der Waals surface area contributed by atoms with Crippen molar-refractivity contribution in [2.24, 2.45) is 0 Å². The van der Waals surface area contributed by atoms with Gasteiger partial charge in [-0.1, -0.05) is 55.5 Å². The molecular formula is C28H35Cl2N3O6S. The van der Waals surface area contributed by atoms with Gasteiger partial charge in [-0.25, -0.2) is 8.42 Å². The van der Waals surface area contributed by atoms with Crippen LogP contribution in [0.3, 0.4) is 0 Å². The number of sulfonamides is 1. The van der Waals surface area contributed by atoms with Gasteiger partial charge in [0.15, 0.2) is 11.5 Å². The topological polar surface area (TPSA) is 105 Å². The minimum atomic E-state index is -3.89. The Bertz CT molecular complexity index is 1310. The van der Waals surface area contributed by atoms with Crippen molar-refractivity contribution >= 4 is 50.7 Å². The van der Waals surface area contributed by atoms with E-state index in [-0.39, 0.29) is 36.7 Å². The second-order valence-electron chi connectivity index (χ2n) is 9.93. The first-order valence-electron chi connectivity index (χ1n) is 13.6. The van der Waals surface area contributed by atoms with Crippen LogP contribution >= 0.6 is 23.2 Å². The van der Waals surface area contributed by atoms with Gasteiger partial charge in [0.05, 0.1) is 11.4 Å². The lowest BCUT2D eigenvalue weighted by atomic mass is 9.95. The van der Waals surface area contributed by atoms with Gasteiger partial charge in [0.2, 0.25) is 28.6 Å². The summed E-state index contributed by atoms with van der Waals surface area (Å²) in [7, 11) is -3.89. The third-order valence-electron chi connectivity index (χ3n) is 7.35. The normalized spacial score (nSPS) is 15.9. The second-order valence-corrected chi connectivity index (χ2v) is 12.9. The Morgan fingerprint density at radius 1 is 1.02 bits per heavy atom. The highest BCUT2D eigenvalue weighted by molar-refractivity contribution is 7.92. The molecule has 12 heteroatoms. The molecule has 1 atom stereocenters. The van der Waals surface area contributed by atoms with Crippen LogP contribution in [0.15, 0.2) is 36.4 Å². The summed E-state index contributed by atoms with van der Waals surface area (Å²) in [6.07, 6.45) is 5.31. The van der Waals surface area contributed by atoms with Crippen LogP contribution in [0.4, 0.5) is 5.69 Å². The standard InChI is InChI=1S/C28H35Cl2N3O6S/c1-3-24(28(35)31-19-9-6-5-7-10-19)32(16-21-22(29)11-8-12-23(21)30)27(34)17-33(40(36,37)4-2)20-13-14-25-26(15-20)39-18-38-25/h8,11-15,19,24H,3-7,9-10,16-18H2,1-2H3,(H,31,35). The van der Waals surface area contributed by atoms with Crippen molar-refractivity contribution in [2.45, 2.75) is 71.0 Å². The average molecular weight is 613 g/mol. The Balaban J connectivity index is 1.67. The summed E-state index contributed by atoms with van der Waals surface area (Å²) in [5.41, 5.74) is 0.742. The molecule has 1 heterocycles. The SMILES string of the molecule is CCC(C(=O)NC1CCCCC1)N(Cc1c(Cl)cccc1Cl)C(=O)CN(c1ccc2c(c1)OCO2)S(=O)(=O)CC. The summed E-state index contributed by atoms with van der Waals surface area (Å²) in [5, 5.41) is 3.81. The predicted octanol–water partition coefficient (Wildman–Crippen LogP) is 5.13. The maximum atomic E-state index is 14.0. The van der Waals surface area contributed by atoms with Crippen LogP contribution in [0.2, 0.25) is 10.0 Å². The van der Waals surface area contributed by atoms with Gasteiger partial charge in [-0.15, -0.1) is 0 Å². The van der Waals surface area contributed by atoms with E-state index in [0.29, 0.717) is 33.5 Å². The molecule has 1 aliphatic heterocycles.